The number of hydrogen-bond donors (Lipinski definition) is 1. The van der Waals surface area contributed by atoms with Crippen LogP contribution in [0.3, 0.4) is 0 Å². The van der Waals surface area contributed by atoms with Crippen molar-refractivity contribution in [1.29, 1.82) is 0 Å². The van der Waals surface area contributed by atoms with E-state index in [9.17, 15) is 5.11 Å². The normalized spacial score (nSPS) is 12.9. The summed E-state index contributed by atoms with van der Waals surface area (Å²) < 4.78 is 2.12. The number of aliphatic hydroxyl groups is 1. The zero-order chi connectivity index (χ0) is 22.0. The van der Waals surface area contributed by atoms with E-state index in [1.165, 1.54) is 11.1 Å². The number of imidazole rings is 1. The third-order valence-corrected chi connectivity index (χ3v) is 11.0. The molecule has 160 valence electrons. The van der Waals surface area contributed by atoms with Crippen molar-refractivity contribution in [3.05, 3.63) is 89.7 Å². The molecule has 4 rings (SSSR count). The zero-order valence-electron chi connectivity index (χ0n) is 18.3. The fourth-order valence-corrected chi connectivity index (χ4v) is 9.04. The van der Waals surface area contributed by atoms with Crippen LogP contribution in [0.2, 0.25) is 0 Å². The second-order valence-corrected chi connectivity index (χ2v) is 12.2. The number of aliphatic hydroxyl groups excluding tert-OH is 1. The highest BCUT2D eigenvalue weighted by atomic mass is 32.4. The van der Waals surface area contributed by atoms with Gasteiger partial charge in [0.25, 0.3) is 0 Å². The number of para-hydroxylation sites is 2. The largest absolute Gasteiger partial charge is 0.379 e. The van der Waals surface area contributed by atoms with Gasteiger partial charge in [0.1, 0.15) is 11.7 Å². The Labute approximate surface area is 189 Å². The first kappa shape index (κ1) is 22.0. The Hall–Kier alpha value is -2.26. The van der Waals surface area contributed by atoms with Crippen LogP contribution < -0.4 is 10.6 Å². The molecule has 0 bridgehead atoms. The Bertz CT molecular complexity index is 1210. The average Bonchev–Trinajstić information content (AvgIpc) is 3.21. The van der Waals surface area contributed by atoms with Crippen LogP contribution in [0.4, 0.5) is 0 Å². The van der Waals surface area contributed by atoms with Gasteiger partial charge in [-0.25, -0.2) is 4.98 Å². The summed E-state index contributed by atoms with van der Waals surface area (Å²) in [5, 5.41) is 14.2. The maximum Gasteiger partial charge on any atom is 0.147 e. The van der Waals surface area contributed by atoms with Crippen molar-refractivity contribution in [2.24, 2.45) is 0 Å². The summed E-state index contributed by atoms with van der Waals surface area (Å²) >= 11 is 6.57. The Morgan fingerprint density at radius 1 is 0.839 bits per heavy atom. The smallest absolute Gasteiger partial charge is 0.147 e. The SMILES string of the molecule is CCc1ccccc1P(=S)(c1ccccc1CC)C(O)c1nc2ccccc2n1CC. The minimum atomic E-state index is -2.64. The summed E-state index contributed by atoms with van der Waals surface area (Å²) in [6.07, 6.45) is 1.75. The molecule has 4 aromatic rings. The van der Waals surface area contributed by atoms with Gasteiger partial charge in [-0.1, -0.05) is 86.3 Å². The molecular weight excluding hydrogens is 419 g/mol. The van der Waals surface area contributed by atoms with E-state index in [0.717, 1.165) is 41.0 Å². The van der Waals surface area contributed by atoms with Gasteiger partial charge >= 0.3 is 0 Å². The highest BCUT2D eigenvalue weighted by molar-refractivity contribution is 8.22. The van der Waals surface area contributed by atoms with Crippen LogP contribution in [-0.2, 0) is 31.2 Å². The summed E-state index contributed by atoms with van der Waals surface area (Å²) in [7, 11) is 0. The van der Waals surface area contributed by atoms with Gasteiger partial charge in [0.05, 0.1) is 11.0 Å². The second kappa shape index (κ2) is 9.08. The molecule has 1 heterocycles. The van der Waals surface area contributed by atoms with Gasteiger partial charge < -0.3 is 9.67 Å². The molecule has 31 heavy (non-hydrogen) atoms. The van der Waals surface area contributed by atoms with Crippen molar-refractivity contribution in [3.8, 4) is 0 Å². The Kier molecular flexibility index (Phi) is 6.43. The highest BCUT2D eigenvalue weighted by Crippen LogP contribution is 2.57. The van der Waals surface area contributed by atoms with E-state index in [1.54, 1.807) is 0 Å². The first-order chi connectivity index (χ1) is 15.1. The molecule has 3 nitrogen and oxygen atoms in total. The van der Waals surface area contributed by atoms with Crippen molar-refractivity contribution in [2.45, 2.75) is 46.0 Å². The summed E-state index contributed by atoms with van der Waals surface area (Å²) in [5.74, 6) is -0.195. The third kappa shape index (κ3) is 3.67. The molecule has 0 aliphatic heterocycles. The van der Waals surface area contributed by atoms with E-state index in [1.807, 2.05) is 30.3 Å². The summed E-state index contributed by atoms with van der Waals surface area (Å²) in [6, 6.07) is 22.1. The van der Waals surface area contributed by atoms with Gasteiger partial charge in [0.15, 0.2) is 0 Å². The number of benzene rings is 3. The van der Waals surface area contributed by atoms with Crippen LogP contribution >= 0.6 is 6.04 Å². The van der Waals surface area contributed by atoms with Gasteiger partial charge in [-0.2, -0.15) is 0 Å². The van der Waals surface area contributed by atoms with Crippen LogP contribution in [0, 0.1) is 0 Å². The summed E-state index contributed by atoms with van der Waals surface area (Å²) in [6.45, 7) is 7.12. The Morgan fingerprint density at radius 3 is 1.90 bits per heavy atom. The third-order valence-electron chi connectivity index (χ3n) is 6.04. The van der Waals surface area contributed by atoms with E-state index in [4.69, 9.17) is 16.8 Å². The maximum atomic E-state index is 12.1. The molecule has 0 spiro atoms. The molecule has 0 saturated carbocycles. The van der Waals surface area contributed by atoms with Gasteiger partial charge in [0.2, 0.25) is 0 Å². The molecule has 0 amide bonds. The fourth-order valence-electron chi connectivity index (χ4n) is 4.45. The summed E-state index contributed by atoms with van der Waals surface area (Å²) in [4.78, 5) is 4.89. The lowest BCUT2D eigenvalue weighted by atomic mass is 10.2. The molecule has 0 aliphatic rings. The van der Waals surface area contributed by atoms with Gasteiger partial charge in [-0.05, 0) is 53.6 Å². The molecule has 1 atom stereocenters. The molecule has 1 aromatic heterocycles. The number of rotatable bonds is 7. The first-order valence-corrected chi connectivity index (χ1v) is 13.8. The van der Waals surface area contributed by atoms with E-state index in [2.05, 4.69) is 67.8 Å². The standard InChI is InChI=1S/C26H29N2OPS/c1-4-19-13-7-11-17-23(19)30(31,24-18-12-8-14-20(24)5-2)26(29)25-27-21-15-9-10-16-22(21)28(25)6-3/h7-18,26,29H,4-6H2,1-3H3. The van der Waals surface area contributed by atoms with Gasteiger partial charge in [-0.3, -0.25) is 0 Å². The average molecular weight is 449 g/mol. The predicted molar refractivity (Wildman–Crippen MR) is 136 cm³/mol. The van der Waals surface area contributed by atoms with Crippen LogP contribution in [-0.4, -0.2) is 14.7 Å². The van der Waals surface area contributed by atoms with E-state index >= 15 is 0 Å². The Morgan fingerprint density at radius 2 is 1.35 bits per heavy atom. The minimum absolute atomic E-state index is 0.670. The van der Waals surface area contributed by atoms with Crippen molar-refractivity contribution < 1.29 is 5.11 Å². The predicted octanol–water partition coefficient (Wildman–Crippen LogP) is 5.30. The van der Waals surface area contributed by atoms with Crippen molar-refractivity contribution in [1.82, 2.24) is 9.55 Å². The highest BCUT2D eigenvalue weighted by Gasteiger charge is 2.37. The van der Waals surface area contributed by atoms with Crippen LogP contribution in [0.25, 0.3) is 11.0 Å². The zero-order valence-corrected chi connectivity index (χ0v) is 20.0. The lowest BCUT2D eigenvalue weighted by Crippen LogP contribution is -2.27. The number of fused-ring (bicyclic) bond motifs is 1. The molecule has 1 unspecified atom stereocenters. The van der Waals surface area contributed by atoms with Crippen LogP contribution in [0.5, 0.6) is 0 Å². The van der Waals surface area contributed by atoms with Crippen molar-refractivity contribution in [3.63, 3.8) is 0 Å². The lowest BCUT2D eigenvalue weighted by molar-refractivity contribution is 0.250. The molecule has 5 heteroatoms. The summed E-state index contributed by atoms with van der Waals surface area (Å²) in [5.41, 5.74) is 4.34. The molecule has 0 aliphatic carbocycles. The monoisotopic (exact) mass is 448 g/mol. The second-order valence-electron chi connectivity index (χ2n) is 7.70. The van der Waals surface area contributed by atoms with Crippen LogP contribution in [0.15, 0.2) is 72.8 Å². The maximum absolute atomic E-state index is 12.1. The molecular formula is C26H29N2OPS. The van der Waals surface area contributed by atoms with Gasteiger partial charge in [-0.15, -0.1) is 0 Å². The van der Waals surface area contributed by atoms with E-state index in [-0.39, 0.29) is 0 Å². The Balaban J connectivity index is 2.04. The lowest BCUT2D eigenvalue weighted by Gasteiger charge is -2.32. The van der Waals surface area contributed by atoms with Crippen molar-refractivity contribution in [2.75, 3.05) is 0 Å². The van der Waals surface area contributed by atoms with Crippen molar-refractivity contribution >= 4 is 39.5 Å². The first-order valence-electron chi connectivity index (χ1n) is 11.0. The minimum Gasteiger partial charge on any atom is -0.379 e. The molecule has 3 aromatic carbocycles. The van der Waals surface area contributed by atoms with E-state index in [0.29, 0.717) is 5.82 Å². The van der Waals surface area contributed by atoms with Gasteiger partial charge in [0, 0.05) is 12.6 Å². The molecule has 0 fully saturated rings. The number of aromatic nitrogens is 2. The number of nitrogens with zero attached hydrogens (tertiary/aromatic N) is 2. The number of hydrogen-bond acceptors (Lipinski definition) is 3. The number of aryl methyl sites for hydroxylation is 3. The quantitative estimate of drug-likeness (QED) is 0.390. The topological polar surface area (TPSA) is 38.1 Å². The van der Waals surface area contributed by atoms with Crippen LogP contribution in [0.1, 0.15) is 43.6 Å². The molecule has 1 N–H and O–H groups in total. The van der Waals surface area contributed by atoms with E-state index < -0.39 is 11.9 Å². The molecule has 0 saturated heterocycles. The molecule has 0 radical (unpaired) electrons. The fraction of sp³-hybridized carbons (Fsp3) is 0.269.